The number of carbonyl (C=O) groups excluding carboxylic acids is 1. The lowest BCUT2D eigenvalue weighted by molar-refractivity contribution is 0.0683. The third-order valence-corrected chi connectivity index (χ3v) is 6.62. The Morgan fingerprint density at radius 1 is 1.11 bits per heavy atom. The molecule has 9 nitrogen and oxygen atoms in total. The van der Waals surface area contributed by atoms with Gasteiger partial charge < -0.3 is 10.1 Å². The second kappa shape index (κ2) is 9.51. The van der Waals surface area contributed by atoms with Crippen molar-refractivity contribution >= 4 is 22.7 Å². The maximum Gasteiger partial charge on any atom is 0.357 e. The van der Waals surface area contributed by atoms with Gasteiger partial charge in [0.1, 0.15) is 17.3 Å². The average Bonchev–Trinajstić information content (AvgIpc) is 3.51. The van der Waals surface area contributed by atoms with Gasteiger partial charge in [-0.1, -0.05) is 12.8 Å². The van der Waals surface area contributed by atoms with Crippen LogP contribution in [0.4, 0.5) is 13.2 Å². The molecule has 36 heavy (non-hydrogen) atoms. The second-order valence-electron chi connectivity index (χ2n) is 9.06. The zero-order chi connectivity index (χ0) is 25.4. The zero-order valence-electron chi connectivity index (χ0n) is 18.9. The van der Waals surface area contributed by atoms with Gasteiger partial charge in [-0.15, -0.1) is 0 Å². The third-order valence-electron chi connectivity index (χ3n) is 6.62. The minimum Gasteiger partial charge on any atom is -0.476 e. The van der Waals surface area contributed by atoms with E-state index in [1.165, 1.54) is 12.4 Å². The molecule has 1 aliphatic carbocycles. The fourth-order valence-corrected chi connectivity index (χ4v) is 4.98. The van der Waals surface area contributed by atoms with Crippen LogP contribution in [0.1, 0.15) is 58.8 Å². The molecule has 186 valence electrons. The average molecular weight is 498 g/mol. The Morgan fingerprint density at radius 3 is 2.67 bits per heavy atom. The minimum absolute atomic E-state index is 0.00431. The molecule has 1 aliphatic rings. The van der Waals surface area contributed by atoms with Crippen molar-refractivity contribution in [2.24, 2.45) is 11.8 Å². The largest absolute Gasteiger partial charge is 0.476 e. The molecule has 0 aliphatic heterocycles. The Bertz CT molecular complexity index is 1450. The number of aromatic amines is 2. The molecule has 0 unspecified atom stereocenters. The first-order valence-corrected chi connectivity index (χ1v) is 11.4. The van der Waals surface area contributed by atoms with E-state index in [1.54, 1.807) is 0 Å². The lowest BCUT2D eigenvalue weighted by Crippen LogP contribution is -2.22. The van der Waals surface area contributed by atoms with Gasteiger partial charge in [-0.3, -0.25) is 4.79 Å². The number of hydrogen-bond acceptors (Lipinski definition) is 6. The van der Waals surface area contributed by atoms with Crippen molar-refractivity contribution in [3.8, 4) is 11.4 Å². The zero-order valence-corrected chi connectivity index (χ0v) is 18.9. The fraction of sp³-hybridized carbons (Fsp3) is 0.333. The smallest absolute Gasteiger partial charge is 0.357 e. The Kier molecular flexibility index (Phi) is 6.25. The lowest BCUT2D eigenvalue weighted by Gasteiger charge is -2.28. The summed E-state index contributed by atoms with van der Waals surface area (Å²) in [7, 11) is 0. The highest BCUT2D eigenvalue weighted by Crippen LogP contribution is 2.35. The maximum atomic E-state index is 15.1. The molecule has 12 heteroatoms. The van der Waals surface area contributed by atoms with Crippen LogP contribution in [0.5, 0.6) is 0 Å². The molecule has 3 N–H and O–H groups in total. The first kappa shape index (κ1) is 23.6. The maximum absolute atomic E-state index is 15.1. The van der Waals surface area contributed by atoms with Crippen LogP contribution in [0, 0.1) is 29.3 Å². The van der Waals surface area contributed by atoms with Gasteiger partial charge in [-0.05, 0) is 37.2 Å². The molecule has 3 aromatic heterocycles. The van der Waals surface area contributed by atoms with E-state index in [-0.39, 0.29) is 64.1 Å². The van der Waals surface area contributed by atoms with E-state index in [0.29, 0.717) is 6.42 Å². The summed E-state index contributed by atoms with van der Waals surface area (Å²) >= 11 is 0. The van der Waals surface area contributed by atoms with Gasteiger partial charge in [0.2, 0.25) is 0 Å². The van der Waals surface area contributed by atoms with Crippen molar-refractivity contribution in [2.45, 2.75) is 38.5 Å². The van der Waals surface area contributed by atoms with Gasteiger partial charge in [0.25, 0.3) is 0 Å². The van der Waals surface area contributed by atoms with E-state index in [9.17, 15) is 23.5 Å². The quantitative estimate of drug-likeness (QED) is 0.320. The molecule has 2 atom stereocenters. The standard InChI is InChI=1S/C24H21F3N6O3/c25-13-7-14-15(9-28-21(14)16(26)8-13)23-30-17(20(27)22(31-23)24(35)36)5-11-2-1-3-12(4-11)6-19(34)18-10-29-33-32-18/h7-12,28H,1-6H2,(H,35,36)(H,29,32,33)/t11-,12+/m1/s1. The highest BCUT2D eigenvalue weighted by molar-refractivity contribution is 5.95. The number of nitrogens with one attached hydrogen (secondary N) is 2. The van der Waals surface area contributed by atoms with Crippen molar-refractivity contribution in [3.63, 3.8) is 0 Å². The van der Waals surface area contributed by atoms with Crippen LogP contribution < -0.4 is 0 Å². The van der Waals surface area contributed by atoms with Crippen LogP contribution in [-0.4, -0.2) is 47.2 Å². The second-order valence-corrected chi connectivity index (χ2v) is 9.06. The number of Topliss-reactive ketones (excluding diaryl/α,β-unsaturated/α-hetero) is 1. The van der Waals surface area contributed by atoms with Crippen LogP contribution >= 0.6 is 0 Å². The van der Waals surface area contributed by atoms with E-state index < -0.39 is 29.1 Å². The van der Waals surface area contributed by atoms with Crippen LogP contribution in [-0.2, 0) is 6.42 Å². The number of aromatic nitrogens is 6. The first-order valence-electron chi connectivity index (χ1n) is 11.4. The Labute approximate surface area is 202 Å². The molecular weight excluding hydrogens is 477 g/mol. The molecule has 0 radical (unpaired) electrons. The van der Waals surface area contributed by atoms with Crippen molar-refractivity contribution in [1.82, 2.24) is 30.4 Å². The highest BCUT2D eigenvalue weighted by Gasteiger charge is 2.29. The topological polar surface area (TPSA) is 138 Å². The number of benzene rings is 1. The number of carbonyl (C=O) groups is 2. The van der Waals surface area contributed by atoms with Crippen LogP contribution in [0.2, 0.25) is 0 Å². The summed E-state index contributed by atoms with van der Waals surface area (Å²) in [4.78, 5) is 35.0. The van der Waals surface area contributed by atoms with Gasteiger partial charge in [0, 0.05) is 29.6 Å². The van der Waals surface area contributed by atoms with Crippen molar-refractivity contribution < 1.29 is 27.9 Å². The van der Waals surface area contributed by atoms with E-state index in [1.807, 2.05) is 0 Å². The summed E-state index contributed by atoms with van der Waals surface area (Å²) in [6.07, 6.45) is 6.19. The SMILES string of the molecule is O=C(C[C@H]1CCC[C@@H](Cc2nc(-c3c[nH]c4c(F)cc(F)cc34)nc(C(=O)O)c2F)C1)c1cn[nH]n1. The Balaban J connectivity index is 1.43. The molecule has 0 amide bonds. The van der Waals surface area contributed by atoms with Gasteiger partial charge in [-0.2, -0.15) is 15.4 Å². The summed E-state index contributed by atoms with van der Waals surface area (Å²) in [5.74, 6) is -4.51. The molecule has 0 spiro atoms. The van der Waals surface area contributed by atoms with E-state index in [0.717, 1.165) is 31.4 Å². The van der Waals surface area contributed by atoms with E-state index in [4.69, 9.17) is 0 Å². The molecule has 1 aromatic carbocycles. The number of carboxylic acids is 1. The molecule has 5 rings (SSSR count). The number of H-pyrrole nitrogens is 2. The normalized spacial score (nSPS) is 18.0. The number of carboxylic acid groups (broad SMARTS) is 1. The van der Waals surface area contributed by atoms with E-state index in [2.05, 4.69) is 30.4 Å². The Hall–Kier alpha value is -4.09. The molecular formula is C24H21F3N6O3. The summed E-state index contributed by atoms with van der Waals surface area (Å²) < 4.78 is 43.1. The predicted molar refractivity (Wildman–Crippen MR) is 121 cm³/mol. The number of aromatic carboxylic acids is 1. The molecule has 3 heterocycles. The van der Waals surface area contributed by atoms with Gasteiger partial charge in [0.15, 0.2) is 23.1 Å². The van der Waals surface area contributed by atoms with Crippen LogP contribution in [0.15, 0.2) is 24.5 Å². The van der Waals surface area contributed by atoms with Gasteiger partial charge in [-0.25, -0.2) is 27.9 Å². The van der Waals surface area contributed by atoms with Crippen LogP contribution in [0.25, 0.3) is 22.3 Å². The number of hydrogen-bond donors (Lipinski definition) is 3. The Morgan fingerprint density at radius 2 is 1.92 bits per heavy atom. The number of rotatable bonds is 7. The first-order chi connectivity index (χ1) is 17.3. The predicted octanol–water partition coefficient (Wildman–Crippen LogP) is 4.48. The van der Waals surface area contributed by atoms with Crippen molar-refractivity contribution in [1.29, 1.82) is 0 Å². The summed E-state index contributed by atoms with van der Waals surface area (Å²) in [6.45, 7) is 0. The molecule has 1 fully saturated rings. The molecule has 0 saturated heterocycles. The fourth-order valence-electron chi connectivity index (χ4n) is 4.98. The number of halogens is 3. The summed E-state index contributed by atoms with van der Waals surface area (Å²) in [5, 5.41) is 19.5. The molecule has 4 aromatic rings. The summed E-state index contributed by atoms with van der Waals surface area (Å²) in [6, 6.07) is 1.80. The van der Waals surface area contributed by atoms with Crippen LogP contribution in [0.3, 0.4) is 0 Å². The van der Waals surface area contributed by atoms with Crippen molar-refractivity contribution in [2.75, 3.05) is 0 Å². The number of nitrogens with zero attached hydrogens (tertiary/aromatic N) is 4. The highest BCUT2D eigenvalue weighted by atomic mass is 19.1. The lowest BCUT2D eigenvalue weighted by atomic mass is 9.77. The molecule has 0 bridgehead atoms. The number of fused-ring (bicyclic) bond motifs is 1. The van der Waals surface area contributed by atoms with E-state index >= 15 is 4.39 Å². The number of ketones is 1. The van der Waals surface area contributed by atoms with Gasteiger partial charge in [0.05, 0.1) is 17.4 Å². The summed E-state index contributed by atoms with van der Waals surface area (Å²) in [5.41, 5.74) is -0.468. The third kappa shape index (κ3) is 4.58. The van der Waals surface area contributed by atoms with Crippen molar-refractivity contribution in [3.05, 3.63) is 59.1 Å². The minimum atomic E-state index is -1.57. The monoisotopic (exact) mass is 498 g/mol. The van der Waals surface area contributed by atoms with Gasteiger partial charge >= 0.3 is 5.97 Å². The molecule has 1 saturated carbocycles.